The van der Waals surface area contributed by atoms with Gasteiger partial charge < -0.3 is 10.2 Å². The van der Waals surface area contributed by atoms with Crippen LogP contribution in [0.4, 0.5) is 5.69 Å². The van der Waals surface area contributed by atoms with Gasteiger partial charge in [0.2, 0.25) is 0 Å². The SMILES string of the molecule is Cc1nn(-c2ccccn2)c2ncc(C(=O)NCc3ccc(N(C)C)cc3)cc12. The fourth-order valence-corrected chi connectivity index (χ4v) is 3.10. The van der Waals surface area contributed by atoms with Gasteiger partial charge in [-0.3, -0.25) is 4.79 Å². The highest BCUT2D eigenvalue weighted by molar-refractivity contribution is 5.97. The van der Waals surface area contributed by atoms with Gasteiger partial charge in [-0.2, -0.15) is 9.78 Å². The molecule has 4 rings (SSSR count). The van der Waals surface area contributed by atoms with Crippen molar-refractivity contribution < 1.29 is 4.79 Å². The largest absolute Gasteiger partial charge is 0.378 e. The first-order valence-electron chi connectivity index (χ1n) is 9.34. The third kappa shape index (κ3) is 3.80. The van der Waals surface area contributed by atoms with Crippen LogP contribution in [0.2, 0.25) is 0 Å². The predicted octanol–water partition coefficient (Wildman–Crippen LogP) is 3.12. The van der Waals surface area contributed by atoms with Crippen molar-refractivity contribution >= 4 is 22.6 Å². The minimum Gasteiger partial charge on any atom is -0.378 e. The lowest BCUT2D eigenvalue weighted by molar-refractivity contribution is 0.0950. The second kappa shape index (κ2) is 7.71. The van der Waals surface area contributed by atoms with E-state index in [4.69, 9.17) is 0 Å². The van der Waals surface area contributed by atoms with Crippen molar-refractivity contribution in [1.82, 2.24) is 25.1 Å². The number of fused-ring (bicyclic) bond motifs is 1. The molecule has 1 N–H and O–H groups in total. The third-order valence-corrected chi connectivity index (χ3v) is 4.74. The maximum absolute atomic E-state index is 12.6. The lowest BCUT2D eigenvalue weighted by atomic mass is 10.1. The Kier molecular flexibility index (Phi) is 4.95. The Bertz CT molecular complexity index is 1150. The lowest BCUT2D eigenvalue weighted by Gasteiger charge is -2.13. The maximum Gasteiger partial charge on any atom is 0.253 e. The number of benzene rings is 1. The van der Waals surface area contributed by atoms with Crippen molar-refractivity contribution in [2.24, 2.45) is 0 Å². The topological polar surface area (TPSA) is 75.9 Å². The van der Waals surface area contributed by atoms with Crippen molar-refractivity contribution in [2.75, 3.05) is 19.0 Å². The number of aromatic nitrogens is 4. The summed E-state index contributed by atoms with van der Waals surface area (Å²) in [7, 11) is 4.00. The fraction of sp³-hybridized carbons (Fsp3) is 0.182. The monoisotopic (exact) mass is 386 g/mol. The summed E-state index contributed by atoms with van der Waals surface area (Å²) in [6.07, 6.45) is 3.29. The van der Waals surface area contributed by atoms with E-state index in [0.717, 1.165) is 22.3 Å². The normalized spacial score (nSPS) is 10.9. The van der Waals surface area contributed by atoms with Gasteiger partial charge in [0, 0.05) is 44.1 Å². The van der Waals surface area contributed by atoms with Crippen LogP contribution in [0.5, 0.6) is 0 Å². The summed E-state index contributed by atoms with van der Waals surface area (Å²) in [5.41, 5.74) is 4.14. The van der Waals surface area contributed by atoms with Gasteiger partial charge in [0.1, 0.15) is 0 Å². The molecular weight excluding hydrogens is 364 g/mol. The van der Waals surface area contributed by atoms with Gasteiger partial charge >= 0.3 is 0 Å². The summed E-state index contributed by atoms with van der Waals surface area (Å²) in [6, 6.07) is 15.5. The van der Waals surface area contributed by atoms with Crippen LogP contribution in [0.25, 0.3) is 16.9 Å². The molecule has 0 aliphatic rings. The second-order valence-electron chi connectivity index (χ2n) is 7.02. The Labute approximate surface area is 169 Å². The molecule has 0 spiro atoms. The van der Waals surface area contributed by atoms with Crippen LogP contribution >= 0.6 is 0 Å². The number of hydrogen-bond acceptors (Lipinski definition) is 5. The molecule has 0 unspecified atom stereocenters. The molecule has 3 aromatic heterocycles. The number of aryl methyl sites for hydroxylation is 1. The smallest absolute Gasteiger partial charge is 0.253 e. The summed E-state index contributed by atoms with van der Waals surface area (Å²) < 4.78 is 1.69. The highest BCUT2D eigenvalue weighted by Gasteiger charge is 2.14. The minimum atomic E-state index is -0.166. The van der Waals surface area contributed by atoms with Gasteiger partial charge in [0.15, 0.2) is 11.5 Å². The summed E-state index contributed by atoms with van der Waals surface area (Å²) in [4.78, 5) is 23.5. The Balaban J connectivity index is 1.53. The molecule has 146 valence electrons. The van der Waals surface area contributed by atoms with Crippen LogP contribution in [-0.4, -0.2) is 39.8 Å². The van der Waals surface area contributed by atoms with E-state index < -0.39 is 0 Å². The van der Waals surface area contributed by atoms with Crippen LogP contribution in [0, 0.1) is 6.92 Å². The average molecular weight is 386 g/mol. The molecule has 3 heterocycles. The Morgan fingerprint density at radius 1 is 1.10 bits per heavy atom. The quantitative estimate of drug-likeness (QED) is 0.570. The van der Waals surface area contributed by atoms with Crippen LogP contribution in [0.1, 0.15) is 21.6 Å². The summed E-state index contributed by atoms with van der Waals surface area (Å²) in [5, 5.41) is 8.32. The average Bonchev–Trinajstić information content (AvgIpc) is 3.09. The maximum atomic E-state index is 12.6. The Morgan fingerprint density at radius 3 is 2.59 bits per heavy atom. The fourth-order valence-electron chi connectivity index (χ4n) is 3.10. The number of hydrogen-bond donors (Lipinski definition) is 1. The molecule has 7 nitrogen and oxygen atoms in total. The van der Waals surface area contributed by atoms with Gasteiger partial charge in [-0.1, -0.05) is 18.2 Å². The molecule has 1 amide bonds. The minimum absolute atomic E-state index is 0.166. The first-order chi connectivity index (χ1) is 14.0. The first-order valence-corrected chi connectivity index (χ1v) is 9.34. The van der Waals surface area contributed by atoms with E-state index in [1.165, 1.54) is 0 Å². The van der Waals surface area contributed by atoms with Crippen LogP contribution in [0.15, 0.2) is 60.9 Å². The molecule has 7 heteroatoms. The van der Waals surface area contributed by atoms with E-state index in [1.807, 2.05) is 74.4 Å². The molecule has 29 heavy (non-hydrogen) atoms. The van der Waals surface area contributed by atoms with E-state index >= 15 is 0 Å². The zero-order valence-electron chi connectivity index (χ0n) is 16.6. The molecule has 0 bridgehead atoms. The number of amides is 1. The first kappa shape index (κ1) is 18.6. The number of rotatable bonds is 5. The molecule has 0 saturated carbocycles. The van der Waals surface area contributed by atoms with Crippen LogP contribution < -0.4 is 10.2 Å². The molecule has 0 atom stereocenters. The zero-order chi connectivity index (χ0) is 20.4. The number of nitrogens with one attached hydrogen (secondary N) is 1. The van der Waals surface area contributed by atoms with Crippen molar-refractivity contribution in [1.29, 1.82) is 0 Å². The molecule has 1 aromatic carbocycles. The summed E-state index contributed by atoms with van der Waals surface area (Å²) >= 11 is 0. The molecule has 0 fully saturated rings. The van der Waals surface area contributed by atoms with Gasteiger partial charge in [0.05, 0.1) is 11.3 Å². The Hall–Kier alpha value is -3.74. The summed E-state index contributed by atoms with van der Waals surface area (Å²) in [6.45, 7) is 2.36. The lowest BCUT2D eigenvalue weighted by Crippen LogP contribution is -2.23. The van der Waals surface area contributed by atoms with Gasteiger partial charge in [-0.15, -0.1) is 0 Å². The van der Waals surface area contributed by atoms with Crippen molar-refractivity contribution in [3.8, 4) is 5.82 Å². The standard InChI is InChI=1S/C22H22N6O/c1-15-19-12-17(14-24-21(19)28(26-15)20-6-4-5-11-23-20)22(29)25-13-16-7-9-18(10-8-16)27(2)3/h4-12,14H,13H2,1-3H3,(H,25,29). The number of nitrogens with zero attached hydrogens (tertiary/aromatic N) is 5. The highest BCUT2D eigenvalue weighted by atomic mass is 16.1. The number of anilines is 1. The predicted molar refractivity (Wildman–Crippen MR) is 113 cm³/mol. The van der Waals surface area contributed by atoms with Crippen molar-refractivity contribution in [3.63, 3.8) is 0 Å². The molecule has 0 aliphatic carbocycles. The van der Waals surface area contributed by atoms with E-state index in [-0.39, 0.29) is 5.91 Å². The van der Waals surface area contributed by atoms with Crippen LogP contribution in [-0.2, 0) is 6.54 Å². The van der Waals surface area contributed by atoms with Gasteiger partial charge in [0.25, 0.3) is 5.91 Å². The van der Waals surface area contributed by atoms with Crippen molar-refractivity contribution in [3.05, 3.63) is 77.7 Å². The van der Waals surface area contributed by atoms with E-state index in [2.05, 4.69) is 20.4 Å². The number of carbonyl (C=O) groups is 1. The zero-order valence-corrected chi connectivity index (χ0v) is 16.6. The second-order valence-corrected chi connectivity index (χ2v) is 7.02. The van der Waals surface area contributed by atoms with Gasteiger partial charge in [-0.25, -0.2) is 9.97 Å². The Morgan fingerprint density at radius 2 is 1.90 bits per heavy atom. The van der Waals surface area contributed by atoms with Gasteiger partial charge in [-0.05, 0) is 42.8 Å². The van der Waals surface area contributed by atoms with E-state index in [1.54, 1.807) is 17.1 Å². The van der Waals surface area contributed by atoms with Crippen LogP contribution in [0.3, 0.4) is 0 Å². The molecule has 4 aromatic rings. The number of carbonyl (C=O) groups excluding carboxylic acids is 1. The molecule has 0 radical (unpaired) electrons. The highest BCUT2D eigenvalue weighted by Crippen LogP contribution is 2.20. The molecule has 0 aliphatic heterocycles. The summed E-state index contributed by atoms with van der Waals surface area (Å²) in [5.74, 6) is 0.526. The van der Waals surface area contributed by atoms with E-state index in [0.29, 0.717) is 23.6 Å². The molecular formula is C22H22N6O. The third-order valence-electron chi connectivity index (χ3n) is 4.74. The number of pyridine rings is 2. The molecule has 0 saturated heterocycles. The van der Waals surface area contributed by atoms with E-state index in [9.17, 15) is 4.79 Å². The van der Waals surface area contributed by atoms with Crippen molar-refractivity contribution in [2.45, 2.75) is 13.5 Å².